The summed E-state index contributed by atoms with van der Waals surface area (Å²) in [7, 11) is 0. The minimum atomic E-state index is 0.0263. The molecule has 7 heteroatoms. The molecular formula is C14H21N5OS. The third kappa shape index (κ3) is 4.37. The van der Waals surface area contributed by atoms with Crippen molar-refractivity contribution >= 4 is 22.4 Å². The maximum atomic E-state index is 11.5. The van der Waals surface area contributed by atoms with Gasteiger partial charge < -0.3 is 5.32 Å². The largest absolute Gasteiger partial charge is 0.307 e. The first-order valence-corrected chi connectivity index (χ1v) is 7.91. The number of amides is 1. The molecule has 1 amide bonds. The smallest absolute Gasteiger partial charge is 0.225 e. The van der Waals surface area contributed by atoms with Gasteiger partial charge in [0.25, 0.3) is 0 Å². The molecule has 0 aliphatic rings. The van der Waals surface area contributed by atoms with Crippen molar-refractivity contribution in [1.82, 2.24) is 20.1 Å². The van der Waals surface area contributed by atoms with Crippen molar-refractivity contribution in [3.8, 4) is 0 Å². The molecule has 1 atom stereocenters. The lowest BCUT2D eigenvalue weighted by atomic mass is 10.3. The van der Waals surface area contributed by atoms with Gasteiger partial charge in [0.05, 0.1) is 12.2 Å². The zero-order valence-corrected chi connectivity index (χ0v) is 13.4. The summed E-state index contributed by atoms with van der Waals surface area (Å²) < 4.78 is 1.90. The molecule has 114 valence electrons. The lowest BCUT2D eigenvalue weighted by Crippen LogP contribution is -2.30. The summed E-state index contributed by atoms with van der Waals surface area (Å²) in [5.74, 6) is 0.0263. The third-order valence-electron chi connectivity index (χ3n) is 3.12. The normalized spacial score (nSPS) is 12.3. The van der Waals surface area contributed by atoms with Crippen LogP contribution in [0.2, 0.25) is 0 Å². The number of hydrogen-bond donors (Lipinski definition) is 1. The van der Waals surface area contributed by atoms with Gasteiger partial charge in [-0.1, -0.05) is 0 Å². The number of hydrogen-bond acceptors (Lipinski definition) is 5. The van der Waals surface area contributed by atoms with Crippen LogP contribution in [-0.4, -0.2) is 33.3 Å². The van der Waals surface area contributed by atoms with Crippen LogP contribution < -0.4 is 10.2 Å². The van der Waals surface area contributed by atoms with Crippen molar-refractivity contribution in [2.75, 3.05) is 11.4 Å². The van der Waals surface area contributed by atoms with Crippen molar-refractivity contribution in [2.45, 2.75) is 39.9 Å². The molecule has 0 spiro atoms. The minimum absolute atomic E-state index is 0.0263. The Kier molecular flexibility index (Phi) is 5.46. The van der Waals surface area contributed by atoms with Gasteiger partial charge in [-0.15, -0.1) is 11.3 Å². The van der Waals surface area contributed by atoms with Crippen molar-refractivity contribution in [3.05, 3.63) is 29.5 Å². The maximum absolute atomic E-state index is 11.5. The molecule has 6 nitrogen and oxygen atoms in total. The predicted molar refractivity (Wildman–Crippen MR) is 84.3 cm³/mol. The Morgan fingerprint density at radius 3 is 3.00 bits per heavy atom. The van der Waals surface area contributed by atoms with Crippen LogP contribution in [0.1, 0.15) is 26.5 Å². The fourth-order valence-corrected chi connectivity index (χ4v) is 2.96. The molecule has 2 rings (SSSR count). The van der Waals surface area contributed by atoms with Gasteiger partial charge in [-0.05, 0) is 19.9 Å². The standard InChI is InChI=1S/C14H21N5OS/c1-4-19(12(3)20)14-17-13(10-21-14)8-15-11(2)9-18-7-5-6-16-18/h5-7,10-11,15H,4,8-9H2,1-3H3. The Labute approximate surface area is 128 Å². The molecule has 0 fully saturated rings. The number of nitrogens with one attached hydrogen (secondary N) is 1. The van der Waals surface area contributed by atoms with Crippen LogP contribution in [0.3, 0.4) is 0 Å². The predicted octanol–water partition coefficient (Wildman–Crippen LogP) is 1.89. The van der Waals surface area contributed by atoms with Crippen LogP contribution in [0, 0.1) is 0 Å². The molecule has 0 bridgehead atoms. The van der Waals surface area contributed by atoms with E-state index in [-0.39, 0.29) is 5.91 Å². The van der Waals surface area contributed by atoms with Crippen LogP contribution in [0.15, 0.2) is 23.8 Å². The van der Waals surface area contributed by atoms with E-state index in [9.17, 15) is 4.79 Å². The van der Waals surface area contributed by atoms with E-state index in [4.69, 9.17) is 0 Å². The summed E-state index contributed by atoms with van der Waals surface area (Å²) in [6.07, 6.45) is 3.73. The number of thiazole rings is 1. The summed E-state index contributed by atoms with van der Waals surface area (Å²) in [5.41, 5.74) is 0.960. The van der Waals surface area contributed by atoms with E-state index in [2.05, 4.69) is 22.3 Å². The molecule has 2 aromatic rings. The average molecular weight is 307 g/mol. The molecule has 21 heavy (non-hydrogen) atoms. The topological polar surface area (TPSA) is 63.1 Å². The van der Waals surface area contributed by atoms with Gasteiger partial charge in [0.15, 0.2) is 5.13 Å². The lowest BCUT2D eigenvalue weighted by molar-refractivity contribution is -0.116. The van der Waals surface area contributed by atoms with Crippen LogP contribution in [0.4, 0.5) is 5.13 Å². The fourth-order valence-electron chi connectivity index (χ4n) is 2.03. The average Bonchev–Trinajstić information content (AvgIpc) is 3.08. The molecule has 2 heterocycles. The van der Waals surface area contributed by atoms with Crippen LogP contribution in [0.5, 0.6) is 0 Å². The Morgan fingerprint density at radius 1 is 1.57 bits per heavy atom. The highest BCUT2D eigenvalue weighted by atomic mass is 32.1. The Hall–Kier alpha value is -1.73. The van der Waals surface area contributed by atoms with E-state index >= 15 is 0 Å². The number of rotatable bonds is 7. The number of carbonyl (C=O) groups excluding carboxylic acids is 1. The van der Waals surface area contributed by atoms with Crippen LogP contribution >= 0.6 is 11.3 Å². The molecule has 0 aliphatic carbocycles. The van der Waals surface area contributed by atoms with E-state index < -0.39 is 0 Å². The van der Waals surface area contributed by atoms with E-state index in [1.54, 1.807) is 18.0 Å². The highest BCUT2D eigenvalue weighted by Gasteiger charge is 2.13. The molecule has 1 N–H and O–H groups in total. The summed E-state index contributed by atoms with van der Waals surface area (Å²) in [4.78, 5) is 17.7. The molecule has 0 saturated carbocycles. The van der Waals surface area contributed by atoms with Crippen molar-refractivity contribution in [2.24, 2.45) is 0 Å². The Bertz CT molecular complexity index is 566. The quantitative estimate of drug-likeness (QED) is 0.848. The zero-order valence-electron chi connectivity index (χ0n) is 12.6. The molecule has 0 saturated heterocycles. The second kappa shape index (κ2) is 7.33. The molecule has 1 unspecified atom stereocenters. The number of nitrogens with zero attached hydrogens (tertiary/aromatic N) is 4. The zero-order chi connectivity index (χ0) is 15.2. The maximum Gasteiger partial charge on any atom is 0.225 e. The van der Waals surface area contributed by atoms with Gasteiger partial charge in [-0.25, -0.2) is 4.98 Å². The summed E-state index contributed by atoms with van der Waals surface area (Å²) in [6.45, 7) is 7.78. The van der Waals surface area contributed by atoms with Crippen LogP contribution in [0.25, 0.3) is 0 Å². The minimum Gasteiger partial charge on any atom is -0.307 e. The van der Waals surface area contributed by atoms with Gasteiger partial charge in [-0.3, -0.25) is 14.4 Å². The Balaban J connectivity index is 1.86. The summed E-state index contributed by atoms with van der Waals surface area (Å²) in [6, 6.07) is 2.21. The number of aromatic nitrogens is 3. The van der Waals surface area contributed by atoms with E-state index in [1.165, 1.54) is 11.3 Å². The second-order valence-corrected chi connectivity index (χ2v) is 5.73. The van der Waals surface area contributed by atoms with Crippen molar-refractivity contribution in [1.29, 1.82) is 0 Å². The molecule has 0 aliphatic heterocycles. The first-order chi connectivity index (χ1) is 10.1. The van der Waals surface area contributed by atoms with E-state index in [0.717, 1.165) is 17.4 Å². The van der Waals surface area contributed by atoms with Crippen molar-refractivity contribution in [3.63, 3.8) is 0 Å². The van der Waals surface area contributed by atoms with E-state index in [1.807, 2.05) is 29.2 Å². The lowest BCUT2D eigenvalue weighted by Gasteiger charge is -2.15. The van der Waals surface area contributed by atoms with Crippen molar-refractivity contribution < 1.29 is 4.79 Å². The first-order valence-electron chi connectivity index (χ1n) is 7.03. The molecular weight excluding hydrogens is 286 g/mol. The number of anilines is 1. The van der Waals surface area contributed by atoms with Gasteiger partial charge in [-0.2, -0.15) is 5.10 Å². The highest BCUT2D eigenvalue weighted by molar-refractivity contribution is 7.14. The third-order valence-corrected chi connectivity index (χ3v) is 4.03. The second-order valence-electron chi connectivity index (χ2n) is 4.89. The molecule has 0 radical (unpaired) electrons. The monoisotopic (exact) mass is 307 g/mol. The van der Waals surface area contributed by atoms with Gasteiger partial charge in [0.2, 0.25) is 5.91 Å². The van der Waals surface area contributed by atoms with E-state index in [0.29, 0.717) is 19.1 Å². The highest BCUT2D eigenvalue weighted by Crippen LogP contribution is 2.20. The van der Waals surface area contributed by atoms with Gasteiger partial charge in [0.1, 0.15) is 0 Å². The Morgan fingerprint density at radius 2 is 2.38 bits per heavy atom. The SMILES string of the molecule is CCN(C(C)=O)c1nc(CNC(C)Cn2cccn2)cs1. The van der Waals surface area contributed by atoms with Gasteiger partial charge in [0, 0.05) is 43.8 Å². The van der Waals surface area contributed by atoms with Crippen LogP contribution in [-0.2, 0) is 17.9 Å². The summed E-state index contributed by atoms with van der Waals surface area (Å²) >= 11 is 1.50. The first kappa shape index (κ1) is 15.7. The molecule has 0 aromatic carbocycles. The fraction of sp³-hybridized carbons (Fsp3) is 0.500. The molecule has 2 aromatic heterocycles. The summed E-state index contributed by atoms with van der Waals surface area (Å²) in [5, 5.41) is 10.4. The van der Waals surface area contributed by atoms with Gasteiger partial charge >= 0.3 is 0 Å². The number of carbonyl (C=O) groups is 1.